The second-order valence-electron chi connectivity index (χ2n) is 8.86. The van der Waals surface area contributed by atoms with Crippen molar-refractivity contribution in [2.45, 2.75) is 33.2 Å². The molecule has 9 heteroatoms. The minimum atomic E-state index is -0.705. The summed E-state index contributed by atoms with van der Waals surface area (Å²) in [6, 6.07) is 8.98. The molecule has 1 fully saturated rings. The van der Waals surface area contributed by atoms with Crippen molar-refractivity contribution in [3.05, 3.63) is 52.1 Å². The third-order valence-electron chi connectivity index (χ3n) is 6.43. The average Bonchev–Trinajstić information content (AvgIpc) is 3.18. The lowest BCUT2D eigenvalue weighted by Gasteiger charge is -2.32. The van der Waals surface area contributed by atoms with Crippen LogP contribution in [0.3, 0.4) is 0 Å². The van der Waals surface area contributed by atoms with Crippen LogP contribution in [0.25, 0.3) is 16.6 Å². The number of benzene rings is 1. The lowest BCUT2D eigenvalue weighted by atomic mass is 10.2. The van der Waals surface area contributed by atoms with Gasteiger partial charge in [-0.2, -0.15) is 10.2 Å². The van der Waals surface area contributed by atoms with Crippen LogP contribution in [0.2, 0.25) is 0 Å². The minimum Gasteiger partial charge on any atom is -0.354 e. The third kappa shape index (κ3) is 4.84. The molecule has 0 spiro atoms. The average molecular weight is 452 g/mol. The van der Waals surface area contributed by atoms with Crippen molar-refractivity contribution in [3.8, 4) is 5.69 Å². The van der Waals surface area contributed by atoms with Gasteiger partial charge in [-0.15, -0.1) is 0 Å². The number of carbonyl (C=O) groups is 1. The number of nitrogens with zero attached hydrogens (tertiary/aromatic N) is 6. The van der Waals surface area contributed by atoms with Crippen LogP contribution >= 0.6 is 0 Å². The Morgan fingerprint density at radius 3 is 2.48 bits per heavy atom. The summed E-state index contributed by atoms with van der Waals surface area (Å²) < 4.78 is 3.05. The molecule has 1 aromatic carbocycles. The number of carbonyl (C=O) groups excluding carboxylic acids is 1. The summed E-state index contributed by atoms with van der Waals surface area (Å²) in [5.74, 6) is -0.199. The van der Waals surface area contributed by atoms with E-state index in [1.807, 2.05) is 44.2 Å². The Hall–Kier alpha value is -3.04. The summed E-state index contributed by atoms with van der Waals surface area (Å²) in [6.45, 7) is 11.2. The van der Waals surface area contributed by atoms with Gasteiger partial charge in [-0.25, -0.2) is 9.36 Å². The quantitative estimate of drug-likeness (QED) is 0.548. The Morgan fingerprint density at radius 1 is 1.09 bits per heavy atom. The normalized spacial score (nSPS) is 16.2. The Kier molecular flexibility index (Phi) is 6.90. The fraction of sp³-hybridized carbons (Fsp3) is 0.500. The lowest BCUT2D eigenvalue weighted by molar-refractivity contribution is -0.124. The van der Waals surface area contributed by atoms with Crippen molar-refractivity contribution in [1.82, 2.24) is 34.7 Å². The number of rotatable bonds is 7. The van der Waals surface area contributed by atoms with E-state index < -0.39 is 6.04 Å². The summed E-state index contributed by atoms with van der Waals surface area (Å²) in [4.78, 5) is 30.9. The molecule has 0 radical (unpaired) electrons. The number of amides is 1. The molecule has 4 rings (SSSR count). The van der Waals surface area contributed by atoms with Gasteiger partial charge in [-0.1, -0.05) is 18.2 Å². The van der Waals surface area contributed by atoms with Gasteiger partial charge in [-0.05, 0) is 52.9 Å². The van der Waals surface area contributed by atoms with Crippen LogP contribution in [0.15, 0.2) is 35.1 Å². The van der Waals surface area contributed by atoms with E-state index in [2.05, 4.69) is 32.4 Å². The van der Waals surface area contributed by atoms with Crippen molar-refractivity contribution >= 4 is 16.8 Å². The predicted octanol–water partition coefficient (Wildman–Crippen LogP) is 1.51. The highest BCUT2D eigenvalue weighted by Gasteiger charge is 2.23. The second-order valence-corrected chi connectivity index (χ2v) is 8.86. The smallest absolute Gasteiger partial charge is 0.278 e. The summed E-state index contributed by atoms with van der Waals surface area (Å²) in [7, 11) is 2.14. The highest BCUT2D eigenvalue weighted by Crippen LogP contribution is 2.20. The zero-order chi connectivity index (χ0) is 23.5. The molecule has 0 saturated carbocycles. The van der Waals surface area contributed by atoms with Crippen LogP contribution in [-0.4, -0.2) is 81.6 Å². The number of hydrogen-bond donors (Lipinski definition) is 1. The molecule has 1 atom stereocenters. The van der Waals surface area contributed by atoms with Gasteiger partial charge in [0.05, 0.1) is 22.5 Å². The predicted molar refractivity (Wildman–Crippen MR) is 129 cm³/mol. The molecule has 0 bridgehead atoms. The van der Waals surface area contributed by atoms with Crippen molar-refractivity contribution in [3.63, 3.8) is 0 Å². The van der Waals surface area contributed by atoms with E-state index in [1.165, 1.54) is 4.68 Å². The molecule has 1 unspecified atom stereocenters. The van der Waals surface area contributed by atoms with Gasteiger partial charge in [0.15, 0.2) is 0 Å². The Labute approximate surface area is 194 Å². The van der Waals surface area contributed by atoms with Crippen LogP contribution in [0.1, 0.15) is 30.8 Å². The molecule has 3 heterocycles. The van der Waals surface area contributed by atoms with E-state index in [0.29, 0.717) is 23.1 Å². The molecule has 33 heavy (non-hydrogen) atoms. The third-order valence-corrected chi connectivity index (χ3v) is 6.43. The van der Waals surface area contributed by atoms with Crippen molar-refractivity contribution in [1.29, 1.82) is 0 Å². The van der Waals surface area contributed by atoms with E-state index in [0.717, 1.165) is 50.5 Å². The topological polar surface area (TPSA) is 88.3 Å². The van der Waals surface area contributed by atoms with Crippen LogP contribution in [0.4, 0.5) is 0 Å². The van der Waals surface area contributed by atoms with Crippen LogP contribution < -0.4 is 10.9 Å². The fourth-order valence-electron chi connectivity index (χ4n) is 4.31. The van der Waals surface area contributed by atoms with Gasteiger partial charge < -0.3 is 15.1 Å². The van der Waals surface area contributed by atoms with E-state index in [9.17, 15) is 9.59 Å². The van der Waals surface area contributed by atoms with Crippen molar-refractivity contribution < 1.29 is 4.79 Å². The fourth-order valence-corrected chi connectivity index (χ4v) is 4.31. The first-order valence-corrected chi connectivity index (χ1v) is 11.6. The van der Waals surface area contributed by atoms with Crippen LogP contribution in [0.5, 0.6) is 0 Å². The van der Waals surface area contributed by atoms with Gasteiger partial charge in [0.25, 0.3) is 5.56 Å². The van der Waals surface area contributed by atoms with Gasteiger partial charge in [0, 0.05) is 32.7 Å². The van der Waals surface area contributed by atoms with Gasteiger partial charge in [-0.3, -0.25) is 9.59 Å². The molecule has 9 nitrogen and oxygen atoms in total. The SMILES string of the molecule is Cc1nn(C(C)C(=O)NCCCN2CCN(C)CC2)c(=O)c2c(C)n(-c3ccccc3)nc12. The molecule has 1 N–H and O–H groups in total. The minimum absolute atomic E-state index is 0.199. The first-order valence-electron chi connectivity index (χ1n) is 11.6. The van der Waals surface area contributed by atoms with E-state index in [-0.39, 0.29) is 11.5 Å². The number of likely N-dealkylation sites (N-methyl/N-ethyl adjacent to an activating group) is 1. The molecule has 3 aromatic rings. The molecular formula is C24H33N7O2. The van der Waals surface area contributed by atoms with Crippen LogP contribution in [-0.2, 0) is 4.79 Å². The van der Waals surface area contributed by atoms with E-state index >= 15 is 0 Å². The monoisotopic (exact) mass is 451 g/mol. The Balaban J connectivity index is 1.47. The van der Waals surface area contributed by atoms with Crippen molar-refractivity contribution in [2.75, 3.05) is 46.3 Å². The summed E-state index contributed by atoms with van der Waals surface area (Å²) in [5, 5.41) is 12.5. The number of piperazine rings is 1. The number of fused-ring (bicyclic) bond motifs is 1. The summed E-state index contributed by atoms with van der Waals surface area (Å²) >= 11 is 0. The molecular weight excluding hydrogens is 418 g/mol. The largest absolute Gasteiger partial charge is 0.354 e. The first kappa shape index (κ1) is 23.1. The first-order chi connectivity index (χ1) is 15.9. The van der Waals surface area contributed by atoms with E-state index in [1.54, 1.807) is 11.6 Å². The molecule has 1 aliphatic heterocycles. The highest BCUT2D eigenvalue weighted by molar-refractivity contribution is 5.84. The van der Waals surface area contributed by atoms with Crippen LogP contribution in [0, 0.1) is 13.8 Å². The maximum atomic E-state index is 13.3. The standard InChI is InChI=1S/C24H33N7O2/c1-17-22-21(18(2)30(27-22)20-9-6-5-7-10-20)24(33)31(26-17)19(3)23(32)25-11-8-12-29-15-13-28(4)14-16-29/h5-7,9-10,19H,8,11-16H2,1-4H3,(H,25,32). The number of hydrogen-bond acceptors (Lipinski definition) is 6. The molecule has 0 aliphatic carbocycles. The Morgan fingerprint density at radius 2 is 1.79 bits per heavy atom. The highest BCUT2D eigenvalue weighted by atomic mass is 16.2. The summed E-state index contributed by atoms with van der Waals surface area (Å²) in [5.41, 5.74) is 2.51. The molecule has 176 valence electrons. The van der Waals surface area contributed by atoms with Crippen molar-refractivity contribution in [2.24, 2.45) is 0 Å². The van der Waals surface area contributed by atoms with Gasteiger partial charge >= 0.3 is 0 Å². The van der Waals surface area contributed by atoms with E-state index in [4.69, 9.17) is 0 Å². The summed E-state index contributed by atoms with van der Waals surface area (Å²) in [6.07, 6.45) is 0.880. The number of para-hydroxylation sites is 1. The number of aryl methyl sites for hydroxylation is 2. The zero-order valence-corrected chi connectivity index (χ0v) is 19.9. The Bertz CT molecular complexity index is 1180. The molecule has 1 amide bonds. The van der Waals surface area contributed by atoms with Gasteiger partial charge in [0.2, 0.25) is 5.91 Å². The maximum Gasteiger partial charge on any atom is 0.278 e. The number of nitrogens with one attached hydrogen (secondary N) is 1. The molecule has 2 aromatic heterocycles. The molecule has 1 saturated heterocycles. The van der Waals surface area contributed by atoms with Gasteiger partial charge in [0.1, 0.15) is 11.6 Å². The molecule has 1 aliphatic rings. The zero-order valence-electron chi connectivity index (χ0n) is 19.9. The lowest BCUT2D eigenvalue weighted by Crippen LogP contribution is -2.45. The maximum absolute atomic E-state index is 13.3. The number of aromatic nitrogens is 4. The second kappa shape index (κ2) is 9.84.